The van der Waals surface area contributed by atoms with Gasteiger partial charge in [-0.15, -0.1) is 11.8 Å². The smallest absolute Gasteiger partial charge is 0.244 e. The number of hydrogen-bond donors (Lipinski definition) is 1. The molecule has 0 aliphatic carbocycles. The summed E-state index contributed by atoms with van der Waals surface area (Å²) in [5.74, 6) is 0.0227. The van der Waals surface area contributed by atoms with Gasteiger partial charge in [0.05, 0.1) is 0 Å². The van der Waals surface area contributed by atoms with Gasteiger partial charge in [-0.25, -0.2) is 14.7 Å². The first-order valence-electron chi connectivity index (χ1n) is 6.69. The van der Waals surface area contributed by atoms with E-state index in [2.05, 4.69) is 5.48 Å². The molecule has 0 bridgehead atoms. The molecule has 0 radical (unpaired) electrons. The van der Waals surface area contributed by atoms with E-state index in [1.807, 2.05) is 0 Å². The normalized spacial score (nSPS) is 18.8. The number of benzene rings is 1. The Morgan fingerprint density at radius 2 is 2.30 bits per heavy atom. The number of rotatable bonds is 6. The highest BCUT2D eigenvalue weighted by atomic mass is 32.2. The lowest BCUT2D eigenvalue weighted by atomic mass is 10.2. The van der Waals surface area contributed by atoms with Crippen molar-refractivity contribution in [1.29, 1.82) is 0 Å². The van der Waals surface area contributed by atoms with Crippen molar-refractivity contribution < 1.29 is 18.8 Å². The van der Waals surface area contributed by atoms with Crippen LogP contribution in [0.2, 0.25) is 0 Å². The maximum absolute atomic E-state index is 13.3. The molecule has 20 heavy (non-hydrogen) atoms. The number of hydrogen-bond acceptors (Lipinski definition) is 4. The maximum Gasteiger partial charge on any atom is 0.244 e. The first-order chi connectivity index (χ1) is 9.75. The second kappa shape index (κ2) is 8.24. The van der Waals surface area contributed by atoms with Crippen LogP contribution in [-0.4, -0.2) is 24.6 Å². The summed E-state index contributed by atoms with van der Waals surface area (Å²) < 4.78 is 18.7. The summed E-state index contributed by atoms with van der Waals surface area (Å²) in [6.45, 7) is 0.670. The van der Waals surface area contributed by atoms with Gasteiger partial charge in [0.25, 0.3) is 0 Å². The highest BCUT2D eigenvalue weighted by Crippen LogP contribution is 2.21. The number of hydroxylamine groups is 1. The Morgan fingerprint density at radius 1 is 1.45 bits per heavy atom. The highest BCUT2D eigenvalue weighted by Gasteiger charge is 2.15. The molecule has 1 fully saturated rings. The topological polar surface area (TPSA) is 47.6 Å². The number of carbonyl (C=O) groups excluding carboxylic acids is 1. The molecule has 1 heterocycles. The number of halogens is 1. The Balaban J connectivity index is 1.61. The molecular weight excluding hydrogens is 281 g/mol. The monoisotopic (exact) mass is 299 g/mol. The molecule has 1 aliphatic heterocycles. The second-order valence-corrected chi connectivity index (χ2v) is 5.60. The van der Waals surface area contributed by atoms with E-state index < -0.39 is 0 Å². The molecule has 1 aromatic carbocycles. The zero-order valence-electron chi connectivity index (χ0n) is 11.1. The lowest BCUT2D eigenvalue weighted by Crippen LogP contribution is -2.33. The molecular formula is C14H18FNO3S. The minimum atomic E-state index is -0.341. The summed E-state index contributed by atoms with van der Waals surface area (Å²) in [5, 5.41) is 0. The minimum absolute atomic E-state index is 0.219. The molecule has 0 spiro atoms. The predicted octanol–water partition coefficient (Wildman–Crippen LogP) is 2.88. The van der Waals surface area contributed by atoms with Crippen molar-refractivity contribution in [2.24, 2.45) is 0 Å². The molecule has 1 N–H and O–H groups in total. The van der Waals surface area contributed by atoms with Crippen molar-refractivity contribution in [2.45, 2.75) is 36.9 Å². The van der Waals surface area contributed by atoms with E-state index in [0.29, 0.717) is 17.3 Å². The number of thioether (sulfide) groups is 1. The SMILES string of the molecule is O=C(CCSc1ccccc1F)NO[C@H]1CCCCO1. The van der Waals surface area contributed by atoms with Crippen molar-refractivity contribution >= 4 is 17.7 Å². The van der Waals surface area contributed by atoms with Crippen LogP contribution in [0.25, 0.3) is 0 Å². The Bertz CT molecular complexity index is 438. The molecule has 110 valence electrons. The molecule has 2 rings (SSSR count). The third kappa shape index (κ3) is 5.11. The van der Waals surface area contributed by atoms with Gasteiger partial charge in [0.2, 0.25) is 5.91 Å². The third-order valence-electron chi connectivity index (χ3n) is 2.87. The minimum Gasteiger partial charge on any atom is -0.350 e. The van der Waals surface area contributed by atoms with Crippen molar-refractivity contribution in [3.63, 3.8) is 0 Å². The summed E-state index contributed by atoms with van der Waals surface area (Å²) in [6, 6.07) is 6.52. The predicted molar refractivity (Wildman–Crippen MR) is 74.6 cm³/mol. The lowest BCUT2D eigenvalue weighted by Gasteiger charge is -2.22. The Morgan fingerprint density at radius 3 is 3.05 bits per heavy atom. The van der Waals surface area contributed by atoms with E-state index in [4.69, 9.17) is 9.57 Å². The molecule has 0 saturated carbocycles. The van der Waals surface area contributed by atoms with Crippen molar-refractivity contribution in [2.75, 3.05) is 12.4 Å². The largest absolute Gasteiger partial charge is 0.350 e. The van der Waals surface area contributed by atoms with Crippen LogP contribution in [0.15, 0.2) is 29.2 Å². The Labute approximate surface area is 122 Å². The molecule has 0 aromatic heterocycles. The quantitative estimate of drug-likeness (QED) is 0.648. The van der Waals surface area contributed by atoms with E-state index in [9.17, 15) is 9.18 Å². The number of carbonyl (C=O) groups is 1. The summed E-state index contributed by atoms with van der Waals surface area (Å²) >= 11 is 1.31. The molecule has 6 heteroatoms. The number of nitrogens with one attached hydrogen (secondary N) is 1. The maximum atomic E-state index is 13.3. The van der Waals surface area contributed by atoms with Crippen LogP contribution in [0, 0.1) is 5.82 Å². The summed E-state index contributed by atoms with van der Waals surface area (Å²) in [4.78, 5) is 17.3. The van der Waals surface area contributed by atoms with Gasteiger partial charge in [0.15, 0.2) is 6.29 Å². The van der Waals surface area contributed by atoms with E-state index >= 15 is 0 Å². The van der Waals surface area contributed by atoms with Gasteiger partial charge in [0.1, 0.15) is 5.82 Å². The molecule has 1 saturated heterocycles. The van der Waals surface area contributed by atoms with Crippen LogP contribution in [0.5, 0.6) is 0 Å². The molecule has 0 unspecified atom stereocenters. The highest BCUT2D eigenvalue weighted by molar-refractivity contribution is 7.99. The third-order valence-corrected chi connectivity index (χ3v) is 3.92. The standard InChI is InChI=1S/C14H18FNO3S/c15-11-5-1-2-6-12(11)20-10-8-13(17)16-19-14-7-3-4-9-18-14/h1-2,5-6,14H,3-4,7-10H2,(H,16,17)/t14-/m0/s1. The van der Waals surface area contributed by atoms with Gasteiger partial charge in [-0.2, -0.15) is 0 Å². The summed E-state index contributed by atoms with van der Waals surface area (Å²) in [5.41, 5.74) is 2.38. The Kier molecular flexibility index (Phi) is 6.29. The van der Waals surface area contributed by atoms with Gasteiger partial charge in [-0.1, -0.05) is 12.1 Å². The first-order valence-corrected chi connectivity index (χ1v) is 7.67. The number of ether oxygens (including phenoxy) is 1. The number of amides is 1. The lowest BCUT2D eigenvalue weighted by molar-refractivity contribution is -0.200. The second-order valence-electron chi connectivity index (χ2n) is 4.47. The molecule has 1 atom stereocenters. The average Bonchev–Trinajstić information content (AvgIpc) is 2.48. The van der Waals surface area contributed by atoms with Crippen LogP contribution in [0.1, 0.15) is 25.7 Å². The van der Waals surface area contributed by atoms with Crippen LogP contribution in [0.4, 0.5) is 4.39 Å². The molecule has 1 aliphatic rings. The fourth-order valence-electron chi connectivity index (χ4n) is 1.80. The van der Waals surface area contributed by atoms with Crippen LogP contribution < -0.4 is 5.48 Å². The van der Waals surface area contributed by atoms with E-state index in [1.54, 1.807) is 18.2 Å². The molecule has 1 amide bonds. The van der Waals surface area contributed by atoms with Gasteiger partial charge < -0.3 is 4.74 Å². The van der Waals surface area contributed by atoms with Crippen LogP contribution in [-0.2, 0) is 14.4 Å². The Hall–Kier alpha value is -1.11. The fourth-order valence-corrected chi connectivity index (χ4v) is 2.69. The molecule has 1 aromatic rings. The molecule has 4 nitrogen and oxygen atoms in total. The van der Waals surface area contributed by atoms with Crippen LogP contribution >= 0.6 is 11.8 Å². The average molecular weight is 299 g/mol. The summed E-state index contributed by atoms with van der Waals surface area (Å²) in [6.07, 6.45) is 2.80. The van der Waals surface area contributed by atoms with E-state index in [0.717, 1.165) is 19.3 Å². The fraction of sp³-hybridized carbons (Fsp3) is 0.500. The van der Waals surface area contributed by atoms with Crippen molar-refractivity contribution in [1.82, 2.24) is 5.48 Å². The van der Waals surface area contributed by atoms with E-state index in [-0.39, 0.29) is 24.4 Å². The van der Waals surface area contributed by atoms with Gasteiger partial charge in [0, 0.05) is 30.1 Å². The van der Waals surface area contributed by atoms with E-state index in [1.165, 1.54) is 17.8 Å². The zero-order chi connectivity index (χ0) is 14.2. The van der Waals surface area contributed by atoms with Crippen molar-refractivity contribution in [3.8, 4) is 0 Å². The first kappa shape index (κ1) is 15.3. The summed E-state index contributed by atoms with van der Waals surface area (Å²) in [7, 11) is 0. The zero-order valence-corrected chi connectivity index (χ0v) is 12.0. The van der Waals surface area contributed by atoms with Gasteiger partial charge in [-0.3, -0.25) is 4.79 Å². The van der Waals surface area contributed by atoms with Crippen LogP contribution in [0.3, 0.4) is 0 Å². The van der Waals surface area contributed by atoms with Gasteiger partial charge in [-0.05, 0) is 25.0 Å². The van der Waals surface area contributed by atoms with Crippen molar-refractivity contribution in [3.05, 3.63) is 30.1 Å². The van der Waals surface area contributed by atoms with Gasteiger partial charge >= 0.3 is 0 Å².